The lowest BCUT2D eigenvalue weighted by Gasteiger charge is -2.41. The molecule has 2 fully saturated rings. The molecular weight excluding hydrogens is 531 g/mol. The van der Waals surface area contributed by atoms with E-state index in [2.05, 4.69) is 15.2 Å². The number of hydrogen-bond donors (Lipinski definition) is 2. The average Bonchev–Trinajstić information content (AvgIpc) is 3.72. The molecule has 0 radical (unpaired) electrons. The molecule has 1 aromatic carbocycles. The fourth-order valence-electron chi connectivity index (χ4n) is 5.02. The standard InChI is InChI=1S/C30H39FN4O6/c1-17-11-25(21(27(36)32-6)12-20(17)28(37)38)40-26(24-13-23(31)22(14-33-24)19-7-8-19)16-34-9-10-35(18(2)15-34)29(39)41-30(3,4)5/h11-14,18-19,26H,7-10,15-16H2,1-6H3,(H,32,36)(H,37,38)/t18-,26-/m1/s1. The Bertz CT molecular complexity index is 1320. The summed E-state index contributed by atoms with van der Waals surface area (Å²) in [6.07, 6.45) is 2.27. The molecule has 0 unspecified atom stereocenters. The third-order valence-electron chi connectivity index (χ3n) is 7.31. The zero-order valence-corrected chi connectivity index (χ0v) is 24.5. The molecule has 0 bridgehead atoms. The van der Waals surface area contributed by atoms with Crippen molar-refractivity contribution in [2.24, 2.45) is 0 Å². The molecule has 1 aliphatic carbocycles. The van der Waals surface area contributed by atoms with Crippen LogP contribution in [0.25, 0.3) is 0 Å². The number of nitrogens with zero attached hydrogens (tertiary/aromatic N) is 3. The van der Waals surface area contributed by atoms with E-state index in [4.69, 9.17) is 9.47 Å². The fraction of sp³-hybridized carbons (Fsp3) is 0.533. The molecule has 222 valence electrons. The Morgan fingerprint density at radius 2 is 1.88 bits per heavy atom. The van der Waals surface area contributed by atoms with Crippen LogP contribution in [0.1, 0.15) is 90.1 Å². The Labute approximate surface area is 239 Å². The molecular formula is C30H39FN4O6. The van der Waals surface area contributed by atoms with Crippen molar-refractivity contribution >= 4 is 18.0 Å². The lowest BCUT2D eigenvalue weighted by molar-refractivity contribution is -0.00319. The molecule has 0 spiro atoms. The number of hydrogen-bond acceptors (Lipinski definition) is 7. The largest absolute Gasteiger partial charge is 0.482 e. The number of ether oxygens (including phenoxy) is 2. The van der Waals surface area contributed by atoms with Gasteiger partial charge in [0.15, 0.2) is 6.10 Å². The Balaban J connectivity index is 1.62. The van der Waals surface area contributed by atoms with Crippen LogP contribution < -0.4 is 10.1 Å². The van der Waals surface area contributed by atoms with E-state index in [0.29, 0.717) is 43.0 Å². The molecule has 2 aromatic rings. The smallest absolute Gasteiger partial charge is 0.410 e. The van der Waals surface area contributed by atoms with Crippen LogP contribution in [0.15, 0.2) is 24.4 Å². The first-order chi connectivity index (χ1) is 19.3. The minimum atomic E-state index is -1.16. The Hall–Kier alpha value is -3.73. The van der Waals surface area contributed by atoms with Gasteiger partial charge in [-0.15, -0.1) is 0 Å². The van der Waals surface area contributed by atoms with Crippen molar-refractivity contribution in [3.63, 3.8) is 0 Å². The first-order valence-corrected chi connectivity index (χ1v) is 13.9. The van der Waals surface area contributed by atoms with Gasteiger partial charge in [-0.25, -0.2) is 14.0 Å². The van der Waals surface area contributed by atoms with Gasteiger partial charge in [-0.1, -0.05) is 0 Å². The van der Waals surface area contributed by atoms with Gasteiger partial charge in [0, 0.05) is 51.0 Å². The van der Waals surface area contributed by atoms with Crippen LogP contribution >= 0.6 is 0 Å². The molecule has 2 atom stereocenters. The van der Waals surface area contributed by atoms with Gasteiger partial charge >= 0.3 is 12.1 Å². The van der Waals surface area contributed by atoms with Crippen molar-refractivity contribution in [1.82, 2.24) is 20.1 Å². The van der Waals surface area contributed by atoms with Crippen molar-refractivity contribution in [1.29, 1.82) is 0 Å². The molecule has 1 saturated carbocycles. The molecule has 2 aliphatic rings. The first kappa shape index (κ1) is 30.2. The van der Waals surface area contributed by atoms with E-state index in [1.54, 1.807) is 18.0 Å². The quantitative estimate of drug-likeness (QED) is 0.475. The zero-order valence-electron chi connectivity index (χ0n) is 24.5. The first-order valence-electron chi connectivity index (χ1n) is 13.9. The summed E-state index contributed by atoms with van der Waals surface area (Å²) >= 11 is 0. The number of carboxylic acids is 1. The highest BCUT2D eigenvalue weighted by molar-refractivity contribution is 6.00. The van der Waals surface area contributed by atoms with E-state index >= 15 is 4.39 Å². The van der Waals surface area contributed by atoms with Crippen LogP contribution in [0, 0.1) is 12.7 Å². The normalized spacial score (nSPS) is 18.5. The van der Waals surface area contributed by atoms with Gasteiger partial charge in [0.1, 0.15) is 17.2 Å². The summed E-state index contributed by atoms with van der Waals surface area (Å²) in [7, 11) is 1.45. The maximum atomic E-state index is 15.1. The minimum Gasteiger partial charge on any atom is -0.482 e. The Morgan fingerprint density at radius 1 is 1.17 bits per heavy atom. The molecule has 4 rings (SSSR count). The second-order valence-electron chi connectivity index (χ2n) is 11.8. The van der Waals surface area contributed by atoms with Crippen molar-refractivity contribution in [3.8, 4) is 5.75 Å². The molecule has 1 saturated heterocycles. The molecule has 2 amide bonds. The fourth-order valence-corrected chi connectivity index (χ4v) is 5.02. The van der Waals surface area contributed by atoms with Gasteiger partial charge in [-0.2, -0.15) is 0 Å². The summed E-state index contributed by atoms with van der Waals surface area (Å²) in [5.41, 5.74) is 0.793. The predicted molar refractivity (Wildman–Crippen MR) is 150 cm³/mol. The lowest BCUT2D eigenvalue weighted by atomic mass is 10.0. The number of aromatic carboxylic acids is 1. The van der Waals surface area contributed by atoms with E-state index in [0.717, 1.165) is 12.8 Å². The summed E-state index contributed by atoms with van der Waals surface area (Å²) in [5.74, 6) is -1.66. The monoisotopic (exact) mass is 570 g/mol. The van der Waals surface area contributed by atoms with Gasteiger partial charge in [-0.05, 0) is 77.1 Å². The minimum absolute atomic E-state index is 0.0162. The van der Waals surface area contributed by atoms with E-state index in [9.17, 15) is 19.5 Å². The second kappa shape index (κ2) is 12.0. The highest BCUT2D eigenvalue weighted by atomic mass is 19.1. The van der Waals surface area contributed by atoms with Crippen LogP contribution in [0.3, 0.4) is 0 Å². The average molecular weight is 571 g/mol. The summed E-state index contributed by atoms with van der Waals surface area (Å²) in [6, 6.07) is 4.03. The number of halogens is 1. The molecule has 41 heavy (non-hydrogen) atoms. The van der Waals surface area contributed by atoms with Crippen molar-refractivity contribution in [2.75, 3.05) is 33.2 Å². The van der Waals surface area contributed by atoms with Crippen LogP contribution in [0.4, 0.5) is 9.18 Å². The SMILES string of the molecule is CNC(=O)c1cc(C(=O)O)c(C)cc1O[C@H](CN1CCN(C(=O)OC(C)(C)C)[C@H](C)C1)c1cc(F)c(C2CC2)cn1. The maximum Gasteiger partial charge on any atom is 0.410 e. The van der Waals surface area contributed by atoms with Crippen molar-refractivity contribution in [3.05, 3.63) is 58.2 Å². The maximum absolute atomic E-state index is 15.1. The molecule has 10 nitrogen and oxygen atoms in total. The molecule has 11 heteroatoms. The highest BCUT2D eigenvalue weighted by Gasteiger charge is 2.34. The number of benzene rings is 1. The summed E-state index contributed by atoms with van der Waals surface area (Å²) in [5, 5.41) is 12.1. The van der Waals surface area contributed by atoms with Gasteiger partial charge in [-0.3, -0.25) is 14.7 Å². The van der Waals surface area contributed by atoms with E-state index in [-0.39, 0.29) is 40.7 Å². The number of nitrogens with one attached hydrogen (secondary N) is 1. The van der Waals surface area contributed by atoms with Gasteiger partial charge in [0.25, 0.3) is 5.91 Å². The Morgan fingerprint density at radius 3 is 2.44 bits per heavy atom. The number of pyridine rings is 1. The summed E-state index contributed by atoms with van der Waals surface area (Å²) in [4.78, 5) is 45.5. The van der Waals surface area contributed by atoms with Crippen LogP contribution in [0.5, 0.6) is 5.75 Å². The van der Waals surface area contributed by atoms with Crippen LogP contribution in [0.2, 0.25) is 0 Å². The van der Waals surface area contributed by atoms with Gasteiger partial charge in [0.2, 0.25) is 0 Å². The Kier molecular flexibility index (Phi) is 8.86. The van der Waals surface area contributed by atoms with E-state index < -0.39 is 23.6 Å². The highest BCUT2D eigenvalue weighted by Crippen LogP contribution is 2.41. The van der Waals surface area contributed by atoms with Gasteiger partial charge < -0.3 is 24.8 Å². The number of aryl methyl sites for hydroxylation is 1. The number of carboxylic acid groups (broad SMARTS) is 1. The number of piperazine rings is 1. The van der Waals surface area contributed by atoms with Crippen LogP contribution in [-0.2, 0) is 4.74 Å². The topological polar surface area (TPSA) is 121 Å². The molecule has 1 aliphatic heterocycles. The van der Waals surface area contributed by atoms with Gasteiger partial charge in [0.05, 0.1) is 16.8 Å². The number of carbonyl (C=O) groups excluding carboxylic acids is 2. The van der Waals surface area contributed by atoms with E-state index in [1.807, 2.05) is 27.7 Å². The number of rotatable bonds is 8. The zero-order chi connectivity index (χ0) is 30.1. The number of amides is 2. The number of carbonyl (C=O) groups is 3. The molecule has 1 aromatic heterocycles. The van der Waals surface area contributed by atoms with Crippen LogP contribution in [-0.4, -0.2) is 82.7 Å². The van der Waals surface area contributed by atoms with E-state index in [1.165, 1.54) is 25.2 Å². The predicted octanol–water partition coefficient (Wildman–Crippen LogP) is 4.53. The summed E-state index contributed by atoms with van der Waals surface area (Å²) in [6.45, 7) is 10.8. The number of aromatic nitrogens is 1. The third-order valence-corrected chi connectivity index (χ3v) is 7.31. The molecule has 2 heterocycles. The summed E-state index contributed by atoms with van der Waals surface area (Å²) < 4.78 is 27.1. The lowest BCUT2D eigenvalue weighted by Crippen LogP contribution is -2.55. The third kappa shape index (κ3) is 7.32. The van der Waals surface area contributed by atoms with Crippen molar-refractivity contribution in [2.45, 2.75) is 71.1 Å². The molecule has 2 N–H and O–H groups in total. The van der Waals surface area contributed by atoms with Crippen molar-refractivity contribution < 1.29 is 33.4 Å². The second-order valence-corrected chi connectivity index (χ2v) is 11.8.